The molecule has 1 N–H and O–H groups in total. The zero-order chi connectivity index (χ0) is 13.2. The summed E-state index contributed by atoms with van der Waals surface area (Å²) in [5, 5.41) is 3.44. The van der Waals surface area contributed by atoms with E-state index < -0.39 is 0 Å². The Morgan fingerprint density at radius 1 is 1.21 bits per heavy atom. The monoisotopic (exact) mass is 337 g/mol. The standard InChI is InChI=1S/C15H13BrFNS/c16-13-6-5-11(17)7-14(13)18-15-9-19-8-10-3-1-2-4-12(10)15/h1-7,15,18H,8-9H2. The molecule has 98 valence electrons. The molecular formula is C15H13BrFNS. The number of anilines is 1. The van der Waals surface area contributed by atoms with Crippen LogP contribution in [0.5, 0.6) is 0 Å². The van der Waals surface area contributed by atoms with Crippen LogP contribution in [-0.4, -0.2) is 5.75 Å². The zero-order valence-corrected chi connectivity index (χ0v) is 12.6. The summed E-state index contributed by atoms with van der Waals surface area (Å²) in [5.41, 5.74) is 3.49. The Kier molecular flexibility index (Phi) is 3.80. The predicted molar refractivity (Wildman–Crippen MR) is 83.1 cm³/mol. The molecule has 0 radical (unpaired) electrons. The van der Waals surface area contributed by atoms with Crippen molar-refractivity contribution in [3.05, 3.63) is 63.9 Å². The van der Waals surface area contributed by atoms with Crippen molar-refractivity contribution < 1.29 is 4.39 Å². The molecular weight excluding hydrogens is 325 g/mol. The highest BCUT2D eigenvalue weighted by Crippen LogP contribution is 2.35. The highest BCUT2D eigenvalue weighted by atomic mass is 79.9. The first kappa shape index (κ1) is 13.0. The Morgan fingerprint density at radius 3 is 2.95 bits per heavy atom. The topological polar surface area (TPSA) is 12.0 Å². The van der Waals surface area contributed by atoms with Gasteiger partial charge in [-0.15, -0.1) is 0 Å². The summed E-state index contributed by atoms with van der Waals surface area (Å²) in [7, 11) is 0. The normalized spacial score (nSPS) is 17.9. The van der Waals surface area contributed by atoms with E-state index in [2.05, 4.69) is 45.5 Å². The van der Waals surface area contributed by atoms with Gasteiger partial charge in [0.15, 0.2) is 0 Å². The van der Waals surface area contributed by atoms with E-state index in [-0.39, 0.29) is 11.9 Å². The van der Waals surface area contributed by atoms with Gasteiger partial charge in [-0.3, -0.25) is 0 Å². The minimum absolute atomic E-state index is 0.220. The van der Waals surface area contributed by atoms with E-state index in [0.717, 1.165) is 21.7 Å². The van der Waals surface area contributed by atoms with Gasteiger partial charge < -0.3 is 5.32 Å². The van der Waals surface area contributed by atoms with E-state index in [1.54, 1.807) is 6.07 Å². The first-order valence-electron chi connectivity index (χ1n) is 6.11. The number of hydrogen-bond acceptors (Lipinski definition) is 2. The molecule has 1 atom stereocenters. The highest BCUT2D eigenvalue weighted by molar-refractivity contribution is 9.10. The van der Waals surface area contributed by atoms with E-state index in [4.69, 9.17) is 0 Å². The van der Waals surface area contributed by atoms with Crippen LogP contribution < -0.4 is 5.32 Å². The maximum absolute atomic E-state index is 13.3. The third kappa shape index (κ3) is 2.79. The molecule has 1 aliphatic heterocycles. The highest BCUT2D eigenvalue weighted by Gasteiger charge is 2.20. The Morgan fingerprint density at radius 2 is 2.05 bits per heavy atom. The van der Waals surface area contributed by atoms with E-state index in [0.29, 0.717) is 0 Å². The van der Waals surface area contributed by atoms with Crippen LogP contribution in [0.1, 0.15) is 17.2 Å². The first-order chi connectivity index (χ1) is 9.24. The summed E-state index contributed by atoms with van der Waals surface area (Å²) < 4.78 is 14.2. The van der Waals surface area contributed by atoms with Crippen LogP contribution >= 0.6 is 27.7 Å². The second kappa shape index (κ2) is 5.55. The van der Waals surface area contributed by atoms with Gasteiger partial charge in [0.2, 0.25) is 0 Å². The molecule has 1 heterocycles. The Balaban J connectivity index is 1.90. The molecule has 2 aromatic carbocycles. The van der Waals surface area contributed by atoms with Crippen molar-refractivity contribution in [3.63, 3.8) is 0 Å². The molecule has 0 aliphatic carbocycles. The Bertz CT molecular complexity index is 602. The molecule has 0 amide bonds. The summed E-state index contributed by atoms with van der Waals surface area (Å²) in [6.45, 7) is 0. The summed E-state index contributed by atoms with van der Waals surface area (Å²) >= 11 is 5.36. The summed E-state index contributed by atoms with van der Waals surface area (Å²) in [6, 6.07) is 13.4. The maximum atomic E-state index is 13.3. The minimum atomic E-state index is -0.220. The lowest BCUT2D eigenvalue weighted by atomic mass is 10.0. The second-order valence-corrected chi connectivity index (χ2v) is 6.42. The molecule has 3 rings (SSSR count). The van der Waals surface area contributed by atoms with Gasteiger partial charge >= 0.3 is 0 Å². The fraction of sp³-hybridized carbons (Fsp3) is 0.200. The van der Waals surface area contributed by atoms with Crippen molar-refractivity contribution in [2.75, 3.05) is 11.1 Å². The van der Waals surface area contributed by atoms with E-state index in [9.17, 15) is 4.39 Å². The molecule has 0 saturated heterocycles. The smallest absolute Gasteiger partial charge is 0.125 e. The van der Waals surface area contributed by atoms with Crippen LogP contribution in [0.4, 0.5) is 10.1 Å². The second-order valence-electron chi connectivity index (χ2n) is 4.54. The Labute approximate surface area is 124 Å². The van der Waals surface area contributed by atoms with Crippen LogP contribution in [0, 0.1) is 5.82 Å². The lowest BCUT2D eigenvalue weighted by Gasteiger charge is -2.27. The van der Waals surface area contributed by atoms with Crippen LogP contribution in [0.15, 0.2) is 46.9 Å². The molecule has 4 heteroatoms. The average Bonchev–Trinajstić information content (AvgIpc) is 2.43. The van der Waals surface area contributed by atoms with Crippen molar-refractivity contribution in [2.45, 2.75) is 11.8 Å². The molecule has 1 aliphatic rings. The molecule has 0 saturated carbocycles. The van der Waals surface area contributed by atoms with Gasteiger partial charge in [0, 0.05) is 16.0 Å². The van der Waals surface area contributed by atoms with Crippen molar-refractivity contribution >= 4 is 33.4 Å². The van der Waals surface area contributed by atoms with E-state index in [1.807, 2.05) is 11.8 Å². The predicted octanol–water partition coefficient (Wildman–Crippen LogP) is 4.99. The summed E-state index contributed by atoms with van der Waals surface area (Å²) in [4.78, 5) is 0. The quantitative estimate of drug-likeness (QED) is 0.828. The lowest BCUT2D eigenvalue weighted by molar-refractivity contribution is 0.627. The van der Waals surface area contributed by atoms with Gasteiger partial charge in [0.25, 0.3) is 0 Å². The third-order valence-corrected chi connectivity index (χ3v) is 5.01. The van der Waals surface area contributed by atoms with Crippen molar-refractivity contribution in [1.82, 2.24) is 0 Å². The molecule has 0 bridgehead atoms. The SMILES string of the molecule is Fc1ccc(Br)c(NC2CSCc3ccccc32)c1. The van der Waals surface area contributed by atoms with Crippen LogP contribution in [0.3, 0.4) is 0 Å². The van der Waals surface area contributed by atoms with Crippen LogP contribution in [0.2, 0.25) is 0 Å². The molecule has 1 nitrogen and oxygen atoms in total. The first-order valence-corrected chi connectivity index (χ1v) is 8.06. The van der Waals surface area contributed by atoms with E-state index >= 15 is 0 Å². The lowest BCUT2D eigenvalue weighted by Crippen LogP contribution is -2.19. The average molecular weight is 338 g/mol. The fourth-order valence-corrected chi connectivity index (χ4v) is 3.76. The van der Waals surface area contributed by atoms with Crippen LogP contribution in [0.25, 0.3) is 0 Å². The van der Waals surface area contributed by atoms with Gasteiger partial charge in [-0.05, 0) is 45.3 Å². The zero-order valence-electron chi connectivity index (χ0n) is 10.2. The van der Waals surface area contributed by atoms with Gasteiger partial charge in [-0.2, -0.15) is 11.8 Å². The minimum Gasteiger partial charge on any atom is -0.376 e. The fourth-order valence-electron chi connectivity index (χ4n) is 2.30. The third-order valence-electron chi connectivity index (χ3n) is 3.23. The number of halogens is 2. The van der Waals surface area contributed by atoms with Gasteiger partial charge in [0.05, 0.1) is 11.7 Å². The molecule has 1 unspecified atom stereocenters. The number of rotatable bonds is 2. The number of thioether (sulfide) groups is 1. The number of nitrogens with one attached hydrogen (secondary N) is 1. The molecule has 2 aromatic rings. The van der Waals surface area contributed by atoms with Gasteiger partial charge in [-0.1, -0.05) is 24.3 Å². The molecule has 0 fully saturated rings. The number of benzene rings is 2. The van der Waals surface area contributed by atoms with E-state index in [1.165, 1.54) is 23.3 Å². The molecule has 0 spiro atoms. The molecule has 19 heavy (non-hydrogen) atoms. The molecule has 0 aromatic heterocycles. The van der Waals surface area contributed by atoms with Crippen LogP contribution in [-0.2, 0) is 5.75 Å². The van der Waals surface area contributed by atoms with Crippen molar-refractivity contribution in [1.29, 1.82) is 0 Å². The van der Waals surface area contributed by atoms with Crippen molar-refractivity contribution in [2.24, 2.45) is 0 Å². The number of fused-ring (bicyclic) bond motifs is 1. The van der Waals surface area contributed by atoms with Gasteiger partial charge in [0.1, 0.15) is 5.82 Å². The summed E-state index contributed by atoms with van der Waals surface area (Å²) in [5.74, 6) is 1.83. The van der Waals surface area contributed by atoms with Gasteiger partial charge in [-0.25, -0.2) is 4.39 Å². The Hall–Kier alpha value is -1.00. The largest absolute Gasteiger partial charge is 0.376 e. The maximum Gasteiger partial charge on any atom is 0.125 e. The van der Waals surface area contributed by atoms with Crippen molar-refractivity contribution in [3.8, 4) is 0 Å². The summed E-state index contributed by atoms with van der Waals surface area (Å²) in [6.07, 6.45) is 0. The number of hydrogen-bond donors (Lipinski definition) is 1.